The number of aromatic hydroxyl groups is 1. The van der Waals surface area contributed by atoms with Crippen LogP contribution in [0.2, 0.25) is 0 Å². The van der Waals surface area contributed by atoms with Crippen molar-refractivity contribution in [3.8, 4) is 17.1 Å². The molecule has 5 rings (SSSR count). The zero-order chi connectivity index (χ0) is 37.1. The topological polar surface area (TPSA) is 193 Å². The maximum atomic E-state index is 13.1. The molecule has 0 saturated carbocycles. The number of hydrogen-bond acceptors (Lipinski definition) is 12. The molecule has 0 unspecified atom stereocenters. The molecular formula is C36H49N11O4S. The average Bonchev–Trinajstić information content (AvgIpc) is 3.68. The molecule has 2 aromatic carbocycles. The van der Waals surface area contributed by atoms with E-state index in [1.807, 2.05) is 30.3 Å². The van der Waals surface area contributed by atoms with Crippen LogP contribution in [0.5, 0.6) is 5.88 Å². The number of nitrogens with one attached hydrogen (secondary N) is 5. The first kappa shape index (κ1) is 38.3. The van der Waals surface area contributed by atoms with Gasteiger partial charge in [-0.25, -0.2) is 18.1 Å². The third kappa shape index (κ3) is 9.91. The van der Waals surface area contributed by atoms with Crippen molar-refractivity contribution in [3.05, 3.63) is 76.9 Å². The lowest BCUT2D eigenvalue weighted by Crippen LogP contribution is -2.31. The number of anilines is 3. The fourth-order valence-electron chi connectivity index (χ4n) is 5.98. The summed E-state index contributed by atoms with van der Waals surface area (Å²) in [6.45, 7) is 15.6. The molecule has 16 heteroatoms. The molecule has 52 heavy (non-hydrogen) atoms. The van der Waals surface area contributed by atoms with Crippen LogP contribution in [0.3, 0.4) is 0 Å². The van der Waals surface area contributed by atoms with Gasteiger partial charge in [0.25, 0.3) is 5.91 Å². The maximum absolute atomic E-state index is 13.1. The smallest absolute Gasteiger partial charge is 0.280 e. The Kier molecular flexibility index (Phi) is 13.3. The first-order valence-corrected chi connectivity index (χ1v) is 19.4. The number of carbonyl (C=O) groups excluding carboxylic acids is 1. The van der Waals surface area contributed by atoms with Gasteiger partial charge >= 0.3 is 0 Å². The molecule has 0 fully saturated rings. The summed E-state index contributed by atoms with van der Waals surface area (Å²) in [5.41, 5.74) is 3.13. The number of carbonyl (C=O) groups is 1. The van der Waals surface area contributed by atoms with Gasteiger partial charge in [0.2, 0.25) is 27.9 Å². The van der Waals surface area contributed by atoms with E-state index in [0.717, 1.165) is 39.3 Å². The summed E-state index contributed by atoms with van der Waals surface area (Å²) in [7, 11) is -3.74. The van der Waals surface area contributed by atoms with Crippen molar-refractivity contribution >= 4 is 39.5 Å². The molecule has 15 nitrogen and oxygen atoms in total. The summed E-state index contributed by atoms with van der Waals surface area (Å²) in [5.74, 6) is 0.252. The summed E-state index contributed by atoms with van der Waals surface area (Å²) in [6.07, 6.45) is 0. The monoisotopic (exact) mass is 731 g/mol. The Labute approximate surface area is 305 Å². The second-order valence-corrected chi connectivity index (χ2v) is 14.0. The first-order chi connectivity index (χ1) is 25.1. The van der Waals surface area contributed by atoms with E-state index in [1.54, 1.807) is 24.3 Å². The number of amides is 1. The highest BCUT2D eigenvalue weighted by molar-refractivity contribution is 7.88. The Morgan fingerprint density at radius 3 is 1.85 bits per heavy atom. The predicted octanol–water partition coefficient (Wildman–Crippen LogP) is 3.60. The van der Waals surface area contributed by atoms with Gasteiger partial charge in [-0.3, -0.25) is 4.79 Å². The lowest BCUT2D eigenvalue weighted by Gasteiger charge is -2.19. The average molecular weight is 732 g/mol. The number of aromatic amines is 1. The van der Waals surface area contributed by atoms with Crippen LogP contribution in [0.25, 0.3) is 11.3 Å². The molecule has 2 aromatic heterocycles. The van der Waals surface area contributed by atoms with Crippen molar-refractivity contribution in [2.24, 2.45) is 4.99 Å². The zero-order valence-electron chi connectivity index (χ0n) is 30.2. The highest BCUT2D eigenvalue weighted by Gasteiger charge is 2.33. The molecule has 0 aliphatic carbocycles. The molecule has 0 bridgehead atoms. The van der Waals surface area contributed by atoms with Crippen LogP contribution >= 0.6 is 0 Å². The minimum Gasteiger partial charge on any atom is -0.494 e. The van der Waals surface area contributed by atoms with E-state index >= 15 is 0 Å². The maximum Gasteiger partial charge on any atom is 0.280 e. The van der Waals surface area contributed by atoms with Crippen LogP contribution in [0.4, 0.5) is 17.8 Å². The van der Waals surface area contributed by atoms with Gasteiger partial charge < -0.3 is 35.8 Å². The Morgan fingerprint density at radius 2 is 1.27 bits per heavy atom. The quantitative estimate of drug-likeness (QED) is 0.0684. The molecule has 3 heterocycles. The van der Waals surface area contributed by atoms with Gasteiger partial charge in [-0.1, -0.05) is 76.2 Å². The van der Waals surface area contributed by atoms with E-state index < -0.39 is 15.9 Å². The number of rotatable bonds is 21. The zero-order valence-corrected chi connectivity index (χ0v) is 31.1. The van der Waals surface area contributed by atoms with Crippen LogP contribution < -0.4 is 20.7 Å². The van der Waals surface area contributed by atoms with E-state index in [-0.39, 0.29) is 30.3 Å². The van der Waals surface area contributed by atoms with E-state index in [1.165, 1.54) is 0 Å². The van der Waals surface area contributed by atoms with Crippen molar-refractivity contribution in [3.63, 3.8) is 0 Å². The van der Waals surface area contributed by atoms with E-state index in [4.69, 9.17) is 0 Å². The van der Waals surface area contributed by atoms with Gasteiger partial charge in [-0.05, 0) is 43.4 Å². The Bertz CT molecular complexity index is 1910. The second-order valence-electron chi connectivity index (χ2n) is 12.2. The van der Waals surface area contributed by atoms with Crippen molar-refractivity contribution in [1.82, 2.24) is 34.5 Å². The molecular weight excluding hydrogens is 683 g/mol. The number of H-pyrrole nitrogens is 1. The van der Waals surface area contributed by atoms with Crippen LogP contribution in [0.15, 0.2) is 59.6 Å². The van der Waals surface area contributed by atoms with E-state index in [9.17, 15) is 18.3 Å². The lowest BCUT2D eigenvalue weighted by molar-refractivity contribution is 0.101. The second kappa shape index (κ2) is 18.0. The van der Waals surface area contributed by atoms with Gasteiger partial charge in [-0.2, -0.15) is 15.0 Å². The normalized spacial score (nSPS) is 12.7. The predicted molar refractivity (Wildman–Crippen MR) is 206 cm³/mol. The van der Waals surface area contributed by atoms with Gasteiger partial charge in [0.05, 0.1) is 28.3 Å². The first-order valence-electron chi connectivity index (χ1n) is 17.8. The number of sulfonamides is 1. The largest absolute Gasteiger partial charge is 0.494 e. The minimum absolute atomic E-state index is 0.0925. The number of aromatic nitrogens is 4. The standard InChI is InChI=1S/C36H49N11O4S/c1-5-46(6-2)21-19-38-35-43-34(44-36(45-35)39-20-22-47(7-3)8-4)37-17-18-40-52(50,51)24-25-13-12-16-27(23-25)31-29-28(32(48)42-31)30(41-33(29)49)26-14-10-9-11-15-26/h9-16,23,40,42,48H,5-8,17-22,24H2,1-4H3,(H3,37,38,39,43,44,45). The van der Waals surface area contributed by atoms with Gasteiger partial charge in [0.15, 0.2) is 5.88 Å². The lowest BCUT2D eigenvalue weighted by atomic mass is 9.99. The minimum atomic E-state index is -3.74. The Balaban J connectivity index is 1.20. The molecule has 1 aliphatic heterocycles. The van der Waals surface area contributed by atoms with Gasteiger partial charge in [0, 0.05) is 44.8 Å². The molecule has 0 spiro atoms. The molecule has 0 atom stereocenters. The number of nitrogens with zero attached hydrogens (tertiary/aromatic N) is 6. The molecule has 1 amide bonds. The third-order valence-corrected chi connectivity index (χ3v) is 10.2. The summed E-state index contributed by atoms with van der Waals surface area (Å²) in [4.78, 5) is 38.3. The highest BCUT2D eigenvalue weighted by Crippen LogP contribution is 2.38. The molecule has 0 saturated heterocycles. The van der Waals surface area contributed by atoms with Crippen LogP contribution in [-0.4, -0.2) is 120 Å². The molecule has 6 N–H and O–H groups in total. The van der Waals surface area contributed by atoms with Crippen molar-refractivity contribution in [1.29, 1.82) is 0 Å². The Hall–Kier alpha value is -4.90. The number of aliphatic imine (C=N–C) groups is 1. The van der Waals surface area contributed by atoms with E-state index in [0.29, 0.717) is 64.6 Å². The van der Waals surface area contributed by atoms with Gasteiger partial charge in [-0.15, -0.1) is 0 Å². The summed E-state index contributed by atoms with van der Waals surface area (Å²) in [5, 5.41) is 20.5. The molecule has 0 radical (unpaired) electrons. The summed E-state index contributed by atoms with van der Waals surface area (Å²) < 4.78 is 28.9. The molecule has 278 valence electrons. The fraction of sp³-hybridized carbons (Fsp3) is 0.417. The fourth-order valence-corrected chi connectivity index (χ4v) is 7.11. The van der Waals surface area contributed by atoms with Gasteiger partial charge in [0.1, 0.15) is 0 Å². The van der Waals surface area contributed by atoms with Crippen molar-refractivity contribution in [2.45, 2.75) is 33.4 Å². The summed E-state index contributed by atoms with van der Waals surface area (Å²) >= 11 is 0. The summed E-state index contributed by atoms with van der Waals surface area (Å²) in [6, 6.07) is 16.0. The third-order valence-electron chi connectivity index (χ3n) is 8.84. The van der Waals surface area contributed by atoms with E-state index in [2.05, 4.69) is 83.1 Å². The number of likely N-dealkylation sites (N-methyl/N-ethyl adjacent to an activating group) is 2. The molecule has 1 aliphatic rings. The van der Waals surface area contributed by atoms with Crippen LogP contribution in [0.1, 0.15) is 54.7 Å². The molecule has 4 aromatic rings. The number of hydrogen-bond donors (Lipinski definition) is 6. The van der Waals surface area contributed by atoms with Crippen LogP contribution in [-0.2, 0) is 15.8 Å². The number of benzene rings is 2. The number of fused-ring (bicyclic) bond motifs is 1. The Morgan fingerprint density at radius 1 is 0.712 bits per heavy atom. The highest BCUT2D eigenvalue weighted by atomic mass is 32.2. The van der Waals surface area contributed by atoms with Crippen molar-refractivity contribution < 1.29 is 18.3 Å². The van der Waals surface area contributed by atoms with Crippen LogP contribution in [0, 0.1) is 0 Å². The SMILES string of the molecule is CCN(CC)CCNc1nc(NCCNS(=O)(=O)Cc2cccc(-c3[nH]c(O)c4c3C(=O)N=C4c3ccccc3)c2)nc(NCCN(CC)CC)n1. The van der Waals surface area contributed by atoms with Crippen molar-refractivity contribution in [2.75, 3.05) is 81.4 Å².